The third-order valence-corrected chi connectivity index (χ3v) is 4.47. The number of carboxylic acids is 1. The first kappa shape index (κ1) is 16.0. The van der Waals surface area contributed by atoms with Gasteiger partial charge in [-0.05, 0) is 19.3 Å². The number of urea groups is 1. The van der Waals surface area contributed by atoms with Gasteiger partial charge in [-0.3, -0.25) is 0 Å². The lowest BCUT2D eigenvalue weighted by Crippen LogP contribution is -2.61. The Hall–Kier alpha value is -1.34. The van der Waals surface area contributed by atoms with Gasteiger partial charge in [0.25, 0.3) is 0 Å². The molecule has 2 fully saturated rings. The van der Waals surface area contributed by atoms with E-state index in [9.17, 15) is 19.8 Å². The molecule has 2 saturated heterocycles. The lowest BCUT2D eigenvalue weighted by Gasteiger charge is -2.42. The summed E-state index contributed by atoms with van der Waals surface area (Å²) in [5.74, 6) is -0.927. The van der Waals surface area contributed by atoms with Crippen LogP contribution in [0.1, 0.15) is 32.6 Å². The molecule has 2 heterocycles. The SMILES string of the molecule is CCCC1(C(=O)O)CCCN1C(=O)N1CCOCC1CO. The summed E-state index contributed by atoms with van der Waals surface area (Å²) in [6.45, 7) is 3.32. The number of amides is 2. The molecule has 0 aromatic rings. The van der Waals surface area contributed by atoms with Crippen LogP contribution >= 0.6 is 0 Å². The van der Waals surface area contributed by atoms with Gasteiger partial charge < -0.3 is 24.7 Å². The Morgan fingerprint density at radius 1 is 1.38 bits per heavy atom. The molecular weight excluding hydrogens is 276 g/mol. The first-order chi connectivity index (χ1) is 10.1. The number of hydrogen-bond acceptors (Lipinski definition) is 4. The number of rotatable bonds is 4. The number of aliphatic carboxylic acids is 1. The van der Waals surface area contributed by atoms with E-state index in [1.165, 1.54) is 4.90 Å². The first-order valence-electron chi connectivity index (χ1n) is 7.57. The lowest BCUT2D eigenvalue weighted by molar-refractivity contribution is -0.149. The molecule has 2 amide bonds. The number of morpholine rings is 1. The van der Waals surface area contributed by atoms with Crippen LogP contribution in [0.4, 0.5) is 4.79 Å². The molecule has 2 N–H and O–H groups in total. The molecule has 2 aliphatic heterocycles. The highest BCUT2D eigenvalue weighted by atomic mass is 16.5. The Morgan fingerprint density at radius 3 is 2.76 bits per heavy atom. The predicted molar refractivity (Wildman–Crippen MR) is 75.0 cm³/mol. The summed E-state index contributed by atoms with van der Waals surface area (Å²) in [5.41, 5.74) is -1.09. The minimum atomic E-state index is -1.09. The largest absolute Gasteiger partial charge is 0.479 e. The summed E-state index contributed by atoms with van der Waals surface area (Å²) in [6, 6.07) is -0.675. The average molecular weight is 300 g/mol. The fourth-order valence-corrected chi connectivity index (χ4v) is 3.37. The van der Waals surface area contributed by atoms with Crippen LogP contribution in [0, 0.1) is 0 Å². The molecule has 0 radical (unpaired) electrons. The summed E-state index contributed by atoms with van der Waals surface area (Å²) in [4.78, 5) is 27.6. The molecule has 0 aromatic heterocycles. The van der Waals surface area contributed by atoms with Gasteiger partial charge in [0, 0.05) is 13.1 Å². The van der Waals surface area contributed by atoms with Crippen molar-refractivity contribution in [2.45, 2.75) is 44.2 Å². The molecule has 2 unspecified atom stereocenters. The van der Waals surface area contributed by atoms with Crippen molar-refractivity contribution < 1.29 is 24.5 Å². The van der Waals surface area contributed by atoms with Crippen LogP contribution < -0.4 is 0 Å². The number of aliphatic hydroxyl groups is 1. The Bertz CT molecular complexity index is 403. The molecule has 2 rings (SSSR count). The molecule has 120 valence electrons. The zero-order chi connectivity index (χ0) is 15.5. The van der Waals surface area contributed by atoms with Crippen LogP contribution in [0.3, 0.4) is 0 Å². The van der Waals surface area contributed by atoms with E-state index >= 15 is 0 Å². The Balaban J connectivity index is 2.21. The average Bonchev–Trinajstić information content (AvgIpc) is 2.92. The lowest BCUT2D eigenvalue weighted by atomic mass is 9.91. The standard InChI is InChI=1S/C14H24N2O5/c1-2-4-14(12(18)19)5-3-6-16(14)13(20)15-7-8-21-10-11(15)9-17/h11,17H,2-10H2,1H3,(H,18,19). The zero-order valence-electron chi connectivity index (χ0n) is 12.5. The van der Waals surface area contributed by atoms with E-state index in [0.29, 0.717) is 52.0 Å². The van der Waals surface area contributed by atoms with Crippen LogP contribution in [0.2, 0.25) is 0 Å². The van der Waals surface area contributed by atoms with Crippen LogP contribution in [0.5, 0.6) is 0 Å². The van der Waals surface area contributed by atoms with Gasteiger partial charge in [0.1, 0.15) is 5.54 Å². The third-order valence-electron chi connectivity index (χ3n) is 4.47. The minimum Gasteiger partial charge on any atom is -0.479 e. The van der Waals surface area contributed by atoms with Gasteiger partial charge in [0.2, 0.25) is 0 Å². The Labute approximate surface area is 124 Å². The highest BCUT2D eigenvalue weighted by Crippen LogP contribution is 2.35. The second-order valence-electron chi connectivity index (χ2n) is 5.73. The molecule has 21 heavy (non-hydrogen) atoms. The monoisotopic (exact) mass is 300 g/mol. The summed E-state index contributed by atoms with van der Waals surface area (Å²) >= 11 is 0. The topological polar surface area (TPSA) is 90.3 Å². The van der Waals surface area contributed by atoms with Crippen molar-refractivity contribution in [3.8, 4) is 0 Å². The van der Waals surface area contributed by atoms with Crippen molar-refractivity contribution in [2.24, 2.45) is 0 Å². The summed E-state index contributed by atoms with van der Waals surface area (Å²) < 4.78 is 5.27. The summed E-state index contributed by atoms with van der Waals surface area (Å²) in [7, 11) is 0. The van der Waals surface area contributed by atoms with Crippen LogP contribution in [0.25, 0.3) is 0 Å². The predicted octanol–water partition coefficient (Wildman–Crippen LogP) is 0.519. The van der Waals surface area contributed by atoms with Gasteiger partial charge in [0.15, 0.2) is 0 Å². The maximum atomic E-state index is 12.8. The van der Waals surface area contributed by atoms with E-state index in [1.807, 2.05) is 6.92 Å². The summed E-state index contributed by atoms with van der Waals surface area (Å²) in [5, 5.41) is 19.0. The number of carboxylic acid groups (broad SMARTS) is 1. The van der Waals surface area contributed by atoms with Crippen LogP contribution in [-0.4, -0.2) is 76.5 Å². The Morgan fingerprint density at radius 2 is 2.14 bits per heavy atom. The van der Waals surface area contributed by atoms with Gasteiger partial charge in [-0.1, -0.05) is 13.3 Å². The number of hydrogen-bond donors (Lipinski definition) is 2. The van der Waals surface area contributed by atoms with E-state index < -0.39 is 11.5 Å². The molecule has 0 aliphatic carbocycles. The fourth-order valence-electron chi connectivity index (χ4n) is 3.37. The number of carbonyl (C=O) groups is 2. The maximum Gasteiger partial charge on any atom is 0.329 e. The van der Waals surface area contributed by atoms with E-state index in [2.05, 4.69) is 0 Å². The van der Waals surface area contributed by atoms with Gasteiger partial charge >= 0.3 is 12.0 Å². The van der Waals surface area contributed by atoms with Crippen LogP contribution in [0.15, 0.2) is 0 Å². The van der Waals surface area contributed by atoms with Crippen molar-refractivity contribution in [2.75, 3.05) is 32.9 Å². The number of aliphatic hydroxyl groups excluding tert-OH is 1. The second-order valence-corrected chi connectivity index (χ2v) is 5.73. The van der Waals surface area contributed by atoms with Crippen molar-refractivity contribution in [1.29, 1.82) is 0 Å². The third kappa shape index (κ3) is 2.85. The number of ether oxygens (including phenoxy) is 1. The molecule has 7 heteroatoms. The molecule has 0 aromatic carbocycles. The van der Waals surface area contributed by atoms with Gasteiger partial charge in [-0.2, -0.15) is 0 Å². The quantitative estimate of drug-likeness (QED) is 0.790. The van der Waals surface area contributed by atoms with E-state index in [4.69, 9.17) is 4.74 Å². The van der Waals surface area contributed by atoms with Crippen molar-refractivity contribution in [3.05, 3.63) is 0 Å². The number of carbonyl (C=O) groups excluding carboxylic acids is 1. The normalized spacial score (nSPS) is 29.7. The second kappa shape index (κ2) is 6.62. The van der Waals surface area contributed by atoms with Crippen molar-refractivity contribution in [1.82, 2.24) is 9.80 Å². The molecule has 2 atom stereocenters. The van der Waals surface area contributed by atoms with Gasteiger partial charge in [-0.15, -0.1) is 0 Å². The smallest absolute Gasteiger partial charge is 0.329 e. The number of nitrogens with zero attached hydrogens (tertiary/aromatic N) is 2. The Kier molecular flexibility index (Phi) is 5.05. The van der Waals surface area contributed by atoms with E-state index in [-0.39, 0.29) is 18.7 Å². The zero-order valence-corrected chi connectivity index (χ0v) is 12.5. The fraction of sp³-hybridized carbons (Fsp3) is 0.857. The van der Waals surface area contributed by atoms with Crippen molar-refractivity contribution >= 4 is 12.0 Å². The molecule has 2 aliphatic rings. The van der Waals surface area contributed by atoms with Crippen LogP contribution in [-0.2, 0) is 9.53 Å². The molecule has 0 spiro atoms. The molecule has 0 saturated carbocycles. The molecule has 7 nitrogen and oxygen atoms in total. The van der Waals surface area contributed by atoms with E-state index in [0.717, 1.165) is 0 Å². The van der Waals surface area contributed by atoms with E-state index in [1.54, 1.807) is 4.90 Å². The maximum absolute atomic E-state index is 12.8. The first-order valence-corrected chi connectivity index (χ1v) is 7.57. The summed E-state index contributed by atoms with van der Waals surface area (Å²) in [6.07, 6.45) is 2.37. The minimum absolute atomic E-state index is 0.173. The highest BCUT2D eigenvalue weighted by molar-refractivity contribution is 5.87. The van der Waals surface area contributed by atoms with Gasteiger partial charge in [-0.25, -0.2) is 9.59 Å². The highest BCUT2D eigenvalue weighted by Gasteiger charge is 2.50. The molecule has 0 bridgehead atoms. The van der Waals surface area contributed by atoms with Gasteiger partial charge in [0.05, 0.1) is 25.9 Å². The van der Waals surface area contributed by atoms with Crippen molar-refractivity contribution in [3.63, 3.8) is 0 Å². The number of likely N-dealkylation sites (tertiary alicyclic amines) is 1. The molecular formula is C14H24N2O5.